The maximum Gasteiger partial charge on any atom is 0.186 e. The zero-order chi connectivity index (χ0) is 13.8. The van der Waals surface area contributed by atoms with E-state index < -0.39 is 20.6 Å². The lowest BCUT2D eigenvalue weighted by Gasteiger charge is -2.14. The maximum atomic E-state index is 9.98. The van der Waals surface area contributed by atoms with Crippen molar-refractivity contribution in [1.29, 1.82) is 0 Å². The first-order valence-electron chi connectivity index (χ1n) is 6.00. The molecule has 19 heavy (non-hydrogen) atoms. The molecule has 1 saturated heterocycles. The highest BCUT2D eigenvalue weighted by Gasteiger charge is 2.33. The van der Waals surface area contributed by atoms with Gasteiger partial charge in [0, 0.05) is 13.5 Å². The summed E-state index contributed by atoms with van der Waals surface area (Å²) < 4.78 is 10.5. The Hall–Kier alpha value is -0.705. The van der Waals surface area contributed by atoms with E-state index in [-0.39, 0.29) is 11.3 Å². The van der Waals surface area contributed by atoms with Crippen molar-refractivity contribution in [1.82, 2.24) is 0 Å². The SMILES string of the molecule is [B]/C(=C\C1OC(c2ccccc2)C[C@@H]1O)P(O)OC. The molecule has 0 saturated carbocycles. The molecular weight excluding hydrogens is 262 g/mol. The molecule has 0 bridgehead atoms. The first-order valence-corrected chi connectivity index (χ1v) is 7.22. The molecule has 4 nitrogen and oxygen atoms in total. The van der Waals surface area contributed by atoms with Gasteiger partial charge in [-0.15, -0.1) is 0 Å². The van der Waals surface area contributed by atoms with Crippen molar-refractivity contribution in [3.63, 3.8) is 0 Å². The molecule has 0 aliphatic carbocycles. The van der Waals surface area contributed by atoms with Gasteiger partial charge in [-0.3, -0.25) is 0 Å². The second-order valence-electron chi connectivity index (χ2n) is 4.35. The van der Waals surface area contributed by atoms with Crippen LogP contribution in [0.2, 0.25) is 0 Å². The Bertz CT molecular complexity index is 440. The molecule has 3 unspecified atom stereocenters. The van der Waals surface area contributed by atoms with Crippen LogP contribution in [0.25, 0.3) is 0 Å². The molecule has 2 radical (unpaired) electrons. The first kappa shape index (κ1) is 14.7. The largest absolute Gasteiger partial charge is 0.390 e. The summed E-state index contributed by atoms with van der Waals surface area (Å²) in [5.74, 6) is 0. The minimum absolute atomic E-state index is 0.155. The summed E-state index contributed by atoms with van der Waals surface area (Å²) in [7, 11) is 5.26. The van der Waals surface area contributed by atoms with E-state index in [1.807, 2.05) is 30.3 Å². The first-order chi connectivity index (χ1) is 9.11. The van der Waals surface area contributed by atoms with Gasteiger partial charge in [-0.1, -0.05) is 36.4 Å². The monoisotopic (exact) mass is 278 g/mol. The van der Waals surface area contributed by atoms with Gasteiger partial charge in [0.25, 0.3) is 0 Å². The van der Waals surface area contributed by atoms with Gasteiger partial charge in [-0.2, -0.15) is 0 Å². The van der Waals surface area contributed by atoms with E-state index in [0.29, 0.717) is 6.42 Å². The van der Waals surface area contributed by atoms with Gasteiger partial charge < -0.3 is 19.3 Å². The van der Waals surface area contributed by atoms with Crippen LogP contribution >= 0.6 is 8.38 Å². The number of benzene rings is 1. The molecule has 0 spiro atoms. The average Bonchev–Trinajstić information content (AvgIpc) is 2.80. The van der Waals surface area contributed by atoms with Crippen molar-refractivity contribution >= 4 is 16.2 Å². The van der Waals surface area contributed by atoms with E-state index in [1.165, 1.54) is 13.2 Å². The summed E-state index contributed by atoms with van der Waals surface area (Å²) in [6.07, 6.45) is 0.733. The molecule has 0 aromatic heterocycles. The predicted molar refractivity (Wildman–Crippen MR) is 74.7 cm³/mol. The van der Waals surface area contributed by atoms with E-state index in [4.69, 9.17) is 17.1 Å². The molecule has 2 N–H and O–H groups in total. The fourth-order valence-electron chi connectivity index (χ4n) is 2.06. The standard InChI is InChI=1S/C13H16BO4P/c1-17-19(16)13(14)8-12-10(15)7-11(18-12)9-5-3-2-4-6-9/h2-6,8,10-12,15-16H,7H2,1H3/b13-8+/t10-,11?,12?,19?/m0/s1. The highest BCUT2D eigenvalue weighted by atomic mass is 31.2. The molecular formula is C13H16BO4P. The smallest absolute Gasteiger partial charge is 0.186 e. The minimum Gasteiger partial charge on any atom is -0.390 e. The Balaban J connectivity index is 2.06. The fourth-order valence-corrected chi connectivity index (χ4v) is 2.54. The van der Waals surface area contributed by atoms with Gasteiger partial charge in [0.05, 0.1) is 12.2 Å². The number of hydrogen-bond acceptors (Lipinski definition) is 4. The molecule has 1 aromatic rings. The average molecular weight is 278 g/mol. The molecule has 1 aliphatic heterocycles. The Kier molecular flexibility index (Phi) is 5.14. The maximum absolute atomic E-state index is 9.98. The van der Waals surface area contributed by atoms with Crippen molar-refractivity contribution in [3.8, 4) is 0 Å². The van der Waals surface area contributed by atoms with Crippen LogP contribution in [0.4, 0.5) is 0 Å². The molecule has 1 aliphatic rings. The Morgan fingerprint density at radius 2 is 2.16 bits per heavy atom. The van der Waals surface area contributed by atoms with Crippen LogP contribution in [0, 0.1) is 0 Å². The third kappa shape index (κ3) is 3.65. The van der Waals surface area contributed by atoms with E-state index >= 15 is 0 Å². The van der Waals surface area contributed by atoms with Crippen LogP contribution in [0.3, 0.4) is 0 Å². The number of ether oxygens (including phenoxy) is 1. The Labute approximate surface area is 115 Å². The van der Waals surface area contributed by atoms with Gasteiger partial charge in [-0.25, -0.2) is 0 Å². The highest BCUT2D eigenvalue weighted by Crippen LogP contribution is 2.40. The summed E-state index contributed by atoms with van der Waals surface area (Å²) in [4.78, 5) is 9.47. The number of aliphatic hydroxyl groups is 1. The topological polar surface area (TPSA) is 58.9 Å². The third-order valence-electron chi connectivity index (χ3n) is 3.06. The Morgan fingerprint density at radius 3 is 2.79 bits per heavy atom. The summed E-state index contributed by atoms with van der Waals surface area (Å²) in [6.45, 7) is 0. The molecule has 1 aromatic carbocycles. The lowest BCUT2D eigenvalue weighted by atomic mass is 10.0. The van der Waals surface area contributed by atoms with Crippen LogP contribution in [0.5, 0.6) is 0 Å². The van der Waals surface area contributed by atoms with Crippen molar-refractivity contribution in [2.45, 2.75) is 24.7 Å². The van der Waals surface area contributed by atoms with Crippen LogP contribution in [-0.4, -0.2) is 37.2 Å². The quantitative estimate of drug-likeness (QED) is 0.651. The van der Waals surface area contributed by atoms with Gasteiger partial charge >= 0.3 is 0 Å². The van der Waals surface area contributed by atoms with Crippen LogP contribution in [-0.2, 0) is 9.26 Å². The van der Waals surface area contributed by atoms with E-state index in [9.17, 15) is 10.00 Å². The van der Waals surface area contributed by atoms with Gasteiger partial charge in [-0.05, 0) is 10.8 Å². The number of hydrogen-bond donors (Lipinski definition) is 2. The lowest BCUT2D eigenvalue weighted by molar-refractivity contribution is 0.0395. The molecule has 6 heteroatoms. The molecule has 4 atom stereocenters. The van der Waals surface area contributed by atoms with Crippen molar-refractivity contribution in [3.05, 3.63) is 47.2 Å². The summed E-state index contributed by atoms with van der Waals surface area (Å²) in [5.41, 5.74) is 1.02. The lowest BCUT2D eigenvalue weighted by Crippen LogP contribution is -2.18. The number of aliphatic hydroxyl groups excluding tert-OH is 1. The predicted octanol–water partition coefficient (Wildman–Crippen LogP) is 1.84. The molecule has 2 rings (SSSR count). The van der Waals surface area contributed by atoms with Crippen LogP contribution in [0.1, 0.15) is 18.1 Å². The van der Waals surface area contributed by atoms with Crippen molar-refractivity contribution in [2.24, 2.45) is 0 Å². The summed E-state index contributed by atoms with van der Waals surface area (Å²) >= 11 is 0. The van der Waals surface area contributed by atoms with Crippen LogP contribution in [0.15, 0.2) is 41.6 Å². The van der Waals surface area contributed by atoms with Crippen molar-refractivity contribution < 1.29 is 19.3 Å². The third-order valence-corrected chi connectivity index (χ3v) is 3.99. The molecule has 100 valence electrons. The van der Waals surface area contributed by atoms with Crippen molar-refractivity contribution in [2.75, 3.05) is 7.11 Å². The van der Waals surface area contributed by atoms with Crippen LogP contribution < -0.4 is 0 Å². The minimum atomic E-state index is -1.80. The molecule has 1 fully saturated rings. The van der Waals surface area contributed by atoms with Gasteiger partial charge in [0.15, 0.2) is 8.38 Å². The normalized spacial score (nSPS) is 29.4. The van der Waals surface area contributed by atoms with Gasteiger partial charge in [0.2, 0.25) is 0 Å². The Morgan fingerprint density at radius 1 is 1.47 bits per heavy atom. The zero-order valence-electron chi connectivity index (χ0n) is 10.6. The summed E-state index contributed by atoms with van der Waals surface area (Å²) in [6, 6.07) is 9.71. The van der Waals surface area contributed by atoms with E-state index in [0.717, 1.165) is 5.56 Å². The van der Waals surface area contributed by atoms with E-state index in [1.54, 1.807) is 0 Å². The van der Waals surface area contributed by atoms with Gasteiger partial charge in [0.1, 0.15) is 14.0 Å². The fraction of sp³-hybridized carbons (Fsp3) is 0.385. The second kappa shape index (κ2) is 6.64. The highest BCUT2D eigenvalue weighted by molar-refractivity contribution is 7.53. The molecule has 1 heterocycles. The zero-order valence-corrected chi connectivity index (χ0v) is 11.5. The molecule has 0 amide bonds. The summed E-state index contributed by atoms with van der Waals surface area (Å²) in [5, 5.41) is 10.2. The van der Waals surface area contributed by atoms with E-state index in [2.05, 4.69) is 0 Å². The number of rotatable bonds is 4. The second-order valence-corrected chi connectivity index (χ2v) is 5.78.